The third kappa shape index (κ3) is 4.56. The molecule has 1 aromatic carbocycles. The van der Waals surface area contributed by atoms with Crippen molar-refractivity contribution in [3.05, 3.63) is 42.5 Å². The predicted molar refractivity (Wildman–Crippen MR) is 136 cm³/mol. The SMILES string of the molecule is COc1cc2c(Oc3cnc4[nH]c(C)cc4c3)ncnc2cc1OCCCN1CCC2(CC1)COC2. The van der Waals surface area contributed by atoms with Crippen molar-refractivity contribution in [2.45, 2.75) is 26.2 Å². The molecule has 2 aliphatic heterocycles. The molecule has 2 saturated heterocycles. The molecule has 0 unspecified atom stereocenters. The molecule has 9 heteroatoms. The summed E-state index contributed by atoms with van der Waals surface area (Å²) in [6.07, 6.45) is 6.62. The molecule has 9 nitrogen and oxygen atoms in total. The number of nitrogens with one attached hydrogen (secondary N) is 1. The maximum absolute atomic E-state index is 6.12. The van der Waals surface area contributed by atoms with Crippen LogP contribution in [0.1, 0.15) is 25.0 Å². The Kier molecular flexibility index (Phi) is 6.10. The van der Waals surface area contributed by atoms with E-state index in [0.29, 0.717) is 35.2 Å². The van der Waals surface area contributed by atoms with E-state index in [0.717, 1.165) is 66.9 Å². The van der Waals surface area contributed by atoms with Crippen LogP contribution in [-0.2, 0) is 4.74 Å². The molecule has 2 aliphatic rings. The van der Waals surface area contributed by atoms with E-state index in [1.54, 1.807) is 13.3 Å². The van der Waals surface area contributed by atoms with Crippen molar-refractivity contribution in [2.24, 2.45) is 5.41 Å². The van der Waals surface area contributed by atoms with Crippen molar-refractivity contribution < 1.29 is 18.9 Å². The molecular weight excluding hydrogens is 458 g/mol. The van der Waals surface area contributed by atoms with Gasteiger partial charge in [0.2, 0.25) is 5.88 Å². The quantitative estimate of drug-likeness (QED) is 0.362. The first kappa shape index (κ1) is 23.0. The molecule has 5 heterocycles. The molecule has 1 N–H and O–H groups in total. The van der Waals surface area contributed by atoms with Gasteiger partial charge < -0.3 is 28.8 Å². The van der Waals surface area contributed by atoms with Gasteiger partial charge >= 0.3 is 0 Å². The second-order valence-electron chi connectivity index (χ2n) is 9.90. The molecule has 1 spiro atoms. The number of likely N-dealkylation sites (tertiary alicyclic amines) is 1. The average molecular weight is 490 g/mol. The first-order valence-electron chi connectivity index (χ1n) is 12.5. The zero-order valence-corrected chi connectivity index (χ0v) is 20.7. The summed E-state index contributed by atoms with van der Waals surface area (Å²) in [6, 6.07) is 7.74. The summed E-state index contributed by atoms with van der Waals surface area (Å²) in [5, 5.41) is 1.73. The number of aromatic amines is 1. The van der Waals surface area contributed by atoms with Crippen molar-refractivity contribution >= 4 is 21.9 Å². The van der Waals surface area contributed by atoms with Crippen molar-refractivity contribution in [1.82, 2.24) is 24.8 Å². The molecule has 0 saturated carbocycles. The summed E-state index contributed by atoms with van der Waals surface area (Å²) in [5.74, 6) is 2.35. The first-order chi connectivity index (χ1) is 17.6. The van der Waals surface area contributed by atoms with Crippen molar-refractivity contribution in [3.8, 4) is 23.1 Å². The van der Waals surface area contributed by atoms with E-state index in [1.807, 2.05) is 31.2 Å². The number of hydrogen-bond donors (Lipinski definition) is 1. The number of piperidine rings is 1. The number of methoxy groups -OCH3 is 1. The van der Waals surface area contributed by atoms with Crippen LogP contribution >= 0.6 is 0 Å². The fourth-order valence-corrected chi connectivity index (χ4v) is 5.09. The van der Waals surface area contributed by atoms with Crippen LogP contribution in [0.15, 0.2) is 36.8 Å². The van der Waals surface area contributed by atoms with Gasteiger partial charge in [-0.1, -0.05) is 0 Å². The smallest absolute Gasteiger partial charge is 0.230 e. The number of fused-ring (bicyclic) bond motifs is 2. The van der Waals surface area contributed by atoms with Crippen LogP contribution < -0.4 is 14.2 Å². The van der Waals surface area contributed by atoms with Gasteiger partial charge in [0.05, 0.1) is 44.0 Å². The average Bonchev–Trinajstić information content (AvgIpc) is 3.25. The molecule has 0 aliphatic carbocycles. The number of H-pyrrole nitrogens is 1. The molecule has 4 aromatic rings. The van der Waals surface area contributed by atoms with E-state index in [2.05, 4.69) is 24.8 Å². The van der Waals surface area contributed by atoms with Crippen LogP contribution in [0.3, 0.4) is 0 Å². The van der Waals surface area contributed by atoms with E-state index < -0.39 is 0 Å². The minimum atomic E-state index is 0.443. The fourth-order valence-electron chi connectivity index (χ4n) is 5.09. The molecule has 6 rings (SSSR count). The molecule has 2 fully saturated rings. The third-order valence-corrected chi connectivity index (χ3v) is 7.29. The summed E-state index contributed by atoms with van der Waals surface area (Å²) < 4.78 is 23.3. The van der Waals surface area contributed by atoms with Gasteiger partial charge in [0.25, 0.3) is 0 Å². The van der Waals surface area contributed by atoms with Gasteiger partial charge in [-0.15, -0.1) is 0 Å². The van der Waals surface area contributed by atoms with Gasteiger partial charge in [0.1, 0.15) is 17.7 Å². The Balaban J connectivity index is 1.12. The molecule has 0 atom stereocenters. The number of ether oxygens (including phenoxy) is 4. The summed E-state index contributed by atoms with van der Waals surface area (Å²) >= 11 is 0. The molecule has 0 bridgehead atoms. The van der Waals surface area contributed by atoms with Crippen molar-refractivity contribution in [3.63, 3.8) is 0 Å². The lowest BCUT2D eigenvalue weighted by Gasteiger charge is -2.47. The van der Waals surface area contributed by atoms with Gasteiger partial charge in [0, 0.05) is 29.1 Å². The van der Waals surface area contributed by atoms with Gasteiger partial charge in [-0.3, -0.25) is 0 Å². The zero-order chi connectivity index (χ0) is 24.5. The Morgan fingerprint density at radius 3 is 2.69 bits per heavy atom. The second-order valence-corrected chi connectivity index (χ2v) is 9.90. The Morgan fingerprint density at radius 2 is 1.92 bits per heavy atom. The number of pyridine rings is 1. The highest BCUT2D eigenvalue weighted by Crippen LogP contribution is 2.39. The molecule has 36 heavy (non-hydrogen) atoms. The number of aryl methyl sites for hydroxylation is 1. The van der Waals surface area contributed by atoms with E-state index >= 15 is 0 Å². The lowest BCUT2D eigenvalue weighted by Crippen LogP contribution is -2.51. The summed E-state index contributed by atoms with van der Waals surface area (Å²) in [7, 11) is 1.64. The Bertz CT molecular complexity index is 1370. The summed E-state index contributed by atoms with van der Waals surface area (Å²) in [5.41, 5.74) is 3.08. The Morgan fingerprint density at radius 1 is 1.06 bits per heavy atom. The van der Waals surface area contributed by atoms with E-state index in [9.17, 15) is 0 Å². The molecular formula is C27H31N5O4. The molecule has 188 valence electrons. The van der Waals surface area contributed by atoms with Crippen LogP contribution in [0.2, 0.25) is 0 Å². The first-order valence-corrected chi connectivity index (χ1v) is 12.5. The third-order valence-electron chi connectivity index (χ3n) is 7.29. The van der Waals surface area contributed by atoms with Crippen LogP contribution in [0.4, 0.5) is 0 Å². The normalized spacial score (nSPS) is 17.4. The maximum Gasteiger partial charge on any atom is 0.230 e. The molecule has 0 radical (unpaired) electrons. The largest absolute Gasteiger partial charge is 0.493 e. The van der Waals surface area contributed by atoms with Gasteiger partial charge in [-0.05, 0) is 57.5 Å². The Labute approximate surface area is 209 Å². The number of benzene rings is 1. The fraction of sp³-hybridized carbons (Fsp3) is 0.444. The van der Waals surface area contributed by atoms with E-state index in [-0.39, 0.29) is 0 Å². The predicted octanol–water partition coefficient (Wildman–Crippen LogP) is 4.50. The maximum atomic E-state index is 6.12. The standard InChI is InChI=1S/C27H31N5O4/c1-18-10-19-11-20(14-28-25(19)31-18)36-26-21-12-23(33-2)24(13-22(21)29-17-30-26)35-9-3-6-32-7-4-27(5-8-32)15-34-16-27/h10-14,17H,3-9,15-16H2,1-2H3,(H,28,31). The lowest BCUT2D eigenvalue weighted by atomic mass is 9.77. The van der Waals surface area contributed by atoms with Crippen LogP contribution in [-0.4, -0.2) is 71.4 Å². The van der Waals surface area contributed by atoms with Crippen LogP contribution in [0, 0.1) is 12.3 Å². The van der Waals surface area contributed by atoms with Gasteiger partial charge in [-0.2, -0.15) is 0 Å². The van der Waals surface area contributed by atoms with Crippen molar-refractivity contribution in [1.29, 1.82) is 0 Å². The number of aromatic nitrogens is 4. The number of nitrogens with zero attached hydrogens (tertiary/aromatic N) is 4. The van der Waals surface area contributed by atoms with Crippen LogP contribution in [0.25, 0.3) is 21.9 Å². The van der Waals surface area contributed by atoms with E-state index in [1.165, 1.54) is 19.2 Å². The van der Waals surface area contributed by atoms with Crippen molar-refractivity contribution in [2.75, 3.05) is 46.6 Å². The highest BCUT2D eigenvalue weighted by molar-refractivity contribution is 5.87. The number of rotatable bonds is 8. The zero-order valence-electron chi connectivity index (χ0n) is 20.7. The monoisotopic (exact) mass is 489 g/mol. The summed E-state index contributed by atoms with van der Waals surface area (Å²) in [4.78, 5) is 19.0. The van der Waals surface area contributed by atoms with Gasteiger partial charge in [0.15, 0.2) is 11.5 Å². The topological polar surface area (TPSA) is 94.6 Å². The van der Waals surface area contributed by atoms with Crippen LogP contribution in [0.5, 0.6) is 23.1 Å². The highest BCUT2D eigenvalue weighted by atomic mass is 16.5. The minimum Gasteiger partial charge on any atom is -0.493 e. The molecule has 3 aromatic heterocycles. The summed E-state index contributed by atoms with van der Waals surface area (Å²) in [6.45, 7) is 7.83. The minimum absolute atomic E-state index is 0.443. The van der Waals surface area contributed by atoms with Gasteiger partial charge in [-0.25, -0.2) is 15.0 Å². The Hall–Kier alpha value is -3.43. The second kappa shape index (κ2) is 9.55. The highest BCUT2D eigenvalue weighted by Gasteiger charge is 2.40. The lowest BCUT2D eigenvalue weighted by molar-refractivity contribution is -0.139. The van der Waals surface area contributed by atoms with E-state index in [4.69, 9.17) is 18.9 Å². The molecule has 0 amide bonds. The number of hydrogen-bond acceptors (Lipinski definition) is 8.